The van der Waals surface area contributed by atoms with Gasteiger partial charge >= 0.3 is 0 Å². The second-order valence-corrected chi connectivity index (χ2v) is 3.24. The van der Waals surface area contributed by atoms with Crippen molar-refractivity contribution in [1.29, 1.82) is 5.41 Å². The Morgan fingerprint density at radius 2 is 2.21 bits per heavy atom. The third-order valence-electron chi connectivity index (χ3n) is 1.39. The summed E-state index contributed by atoms with van der Waals surface area (Å²) in [5, 5.41) is 9.89. The summed E-state index contributed by atoms with van der Waals surface area (Å²) >= 11 is 0. The van der Waals surface area contributed by atoms with Crippen LogP contribution in [0.15, 0.2) is 4.99 Å². The Morgan fingerprint density at radius 1 is 1.57 bits per heavy atom. The van der Waals surface area contributed by atoms with E-state index in [0.717, 1.165) is 12.8 Å². The van der Waals surface area contributed by atoms with Crippen LogP contribution in [0, 0.1) is 5.41 Å². The van der Waals surface area contributed by atoms with Crippen LogP contribution in [-0.2, 0) is 4.74 Å². The van der Waals surface area contributed by atoms with E-state index in [2.05, 4.69) is 17.2 Å². The van der Waals surface area contributed by atoms with E-state index in [1.807, 2.05) is 13.8 Å². The lowest BCUT2D eigenvalue weighted by atomic mass is 10.3. The quantitative estimate of drug-likeness (QED) is 0.360. The predicted molar refractivity (Wildman–Crippen MR) is 58.5 cm³/mol. The zero-order valence-corrected chi connectivity index (χ0v) is 9.13. The third kappa shape index (κ3) is 7.39. The molecule has 0 heterocycles. The topological polar surface area (TPSA) is 83.5 Å². The number of nitrogens with one attached hydrogen (secondary N) is 2. The first-order chi connectivity index (χ1) is 6.56. The fourth-order valence-corrected chi connectivity index (χ4v) is 0.779. The van der Waals surface area contributed by atoms with E-state index in [-0.39, 0.29) is 18.1 Å². The summed E-state index contributed by atoms with van der Waals surface area (Å²) < 4.78 is 5.04. The summed E-state index contributed by atoms with van der Waals surface area (Å²) in [4.78, 5) is 4.02. The van der Waals surface area contributed by atoms with E-state index in [4.69, 9.17) is 15.9 Å². The molecule has 0 atom stereocenters. The minimum atomic E-state index is -0.0576. The number of nitrogens with two attached hydrogens (primary N) is 1. The van der Waals surface area contributed by atoms with E-state index in [1.54, 1.807) is 0 Å². The van der Waals surface area contributed by atoms with Crippen molar-refractivity contribution in [2.24, 2.45) is 10.7 Å². The normalized spacial score (nSPS) is 11.6. The molecule has 0 rings (SSSR count). The van der Waals surface area contributed by atoms with Gasteiger partial charge in [-0.2, -0.15) is 0 Å². The molecule has 0 aromatic rings. The molecule has 5 nitrogen and oxygen atoms in total. The Kier molecular flexibility index (Phi) is 6.53. The van der Waals surface area contributed by atoms with Crippen molar-refractivity contribution in [1.82, 2.24) is 5.32 Å². The van der Waals surface area contributed by atoms with Gasteiger partial charge in [0.05, 0.1) is 6.10 Å². The van der Waals surface area contributed by atoms with Gasteiger partial charge in [-0.25, -0.2) is 0 Å². The maximum Gasteiger partial charge on any atom is 0.288 e. The van der Waals surface area contributed by atoms with E-state index in [1.165, 1.54) is 0 Å². The van der Waals surface area contributed by atoms with Crippen LogP contribution < -0.4 is 11.1 Å². The monoisotopic (exact) mass is 200 g/mol. The summed E-state index contributed by atoms with van der Waals surface area (Å²) in [6.07, 6.45) is 2.05. The van der Waals surface area contributed by atoms with Crippen molar-refractivity contribution in [2.75, 3.05) is 6.54 Å². The van der Waals surface area contributed by atoms with Crippen molar-refractivity contribution < 1.29 is 4.74 Å². The summed E-state index contributed by atoms with van der Waals surface area (Å²) in [7, 11) is 0. The SMILES string of the molecule is CCCCN=C(N)NC(=N)OC(C)C. The van der Waals surface area contributed by atoms with Gasteiger partial charge in [0.1, 0.15) is 0 Å². The number of aliphatic imine (C=N–C) groups is 1. The van der Waals surface area contributed by atoms with Gasteiger partial charge in [-0.3, -0.25) is 15.7 Å². The minimum Gasteiger partial charge on any atom is -0.462 e. The van der Waals surface area contributed by atoms with Crippen LogP contribution in [0.2, 0.25) is 0 Å². The number of hydrogen-bond donors (Lipinski definition) is 3. The highest BCUT2D eigenvalue weighted by molar-refractivity contribution is 5.93. The maximum atomic E-state index is 7.34. The van der Waals surface area contributed by atoms with Gasteiger partial charge in [0.15, 0.2) is 5.96 Å². The van der Waals surface area contributed by atoms with Crippen molar-refractivity contribution in [3.63, 3.8) is 0 Å². The van der Waals surface area contributed by atoms with Crippen LogP contribution in [0.25, 0.3) is 0 Å². The molecule has 14 heavy (non-hydrogen) atoms. The average Bonchev–Trinajstić information content (AvgIpc) is 2.02. The number of hydrogen-bond acceptors (Lipinski definition) is 3. The average molecular weight is 200 g/mol. The number of rotatable bonds is 4. The molecule has 82 valence electrons. The lowest BCUT2D eigenvalue weighted by Gasteiger charge is -2.11. The van der Waals surface area contributed by atoms with Gasteiger partial charge in [-0.15, -0.1) is 0 Å². The molecule has 0 bridgehead atoms. The van der Waals surface area contributed by atoms with Crippen molar-refractivity contribution in [2.45, 2.75) is 39.7 Å². The van der Waals surface area contributed by atoms with Gasteiger partial charge in [0.25, 0.3) is 6.02 Å². The minimum absolute atomic E-state index is 0.0292. The molecular weight excluding hydrogens is 180 g/mol. The molecule has 5 heteroatoms. The fourth-order valence-electron chi connectivity index (χ4n) is 0.779. The maximum absolute atomic E-state index is 7.34. The van der Waals surface area contributed by atoms with E-state index < -0.39 is 0 Å². The first-order valence-corrected chi connectivity index (χ1v) is 4.88. The Morgan fingerprint density at radius 3 is 2.71 bits per heavy atom. The van der Waals surface area contributed by atoms with Crippen molar-refractivity contribution in [3.05, 3.63) is 0 Å². The second-order valence-electron chi connectivity index (χ2n) is 3.24. The number of amidine groups is 1. The summed E-state index contributed by atoms with van der Waals surface area (Å²) in [5.41, 5.74) is 5.51. The van der Waals surface area contributed by atoms with E-state index in [9.17, 15) is 0 Å². The van der Waals surface area contributed by atoms with Gasteiger partial charge in [-0.1, -0.05) is 13.3 Å². The van der Waals surface area contributed by atoms with Gasteiger partial charge in [0.2, 0.25) is 0 Å². The Bertz CT molecular complexity index is 201. The highest BCUT2D eigenvalue weighted by atomic mass is 16.5. The molecule has 0 aromatic heterocycles. The summed E-state index contributed by atoms with van der Waals surface area (Å²) in [6.45, 7) is 6.47. The first-order valence-electron chi connectivity index (χ1n) is 4.88. The molecule has 0 aliphatic heterocycles. The van der Waals surface area contributed by atoms with Crippen molar-refractivity contribution >= 4 is 12.0 Å². The lowest BCUT2D eigenvalue weighted by molar-refractivity contribution is 0.218. The van der Waals surface area contributed by atoms with Crippen molar-refractivity contribution in [3.8, 4) is 0 Å². The number of ether oxygens (including phenoxy) is 1. The number of guanidine groups is 1. The van der Waals surface area contributed by atoms with Gasteiger partial charge < -0.3 is 10.5 Å². The predicted octanol–water partition coefficient (Wildman–Crippen LogP) is 1.05. The summed E-state index contributed by atoms with van der Waals surface area (Å²) in [5.74, 6) is 0.240. The third-order valence-corrected chi connectivity index (χ3v) is 1.39. The fraction of sp³-hybridized carbons (Fsp3) is 0.778. The molecule has 0 spiro atoms. The molecule has 0 fully saturated rings. The van der Waals surface area contributed by atoms with Crippen LogP contribution in [0.5, 0.6) is 0 Å². The Labute approximate surface area is 85.2 Å². The molecule has 0 aromatic carbocycles. The van der Waals surface area contributed by atoms with Crippen LogP contribution in [0.4, 0.5) is 0 Å². The molecule has 0 amide bonds. The van der Waals surface area contributed by atoms with Gasteiger partial charge in [0, 0.05) is 6.54 Å². The lowest BCUT2D eigenvalue weighted by Crippen LogP contribution is -2.38. The second kappa shape index (κ2) is 7.17. The largest absolute Gasteiger partial charge is 0.462 e. The molecule has 0 saturated heterocycles. The highest BCUT2D eigenvalue weighted by Gasteiger charge is 2.01. The van der Waals surface area contributed by atoms with Crippen LogP contribution in [0.1, 0.15) is 33.6 Å². The van der Waals surface area contributed by atoms with Crippen LogP contribution >= 0.6 is 0 Å². The van der Waals surface area contributed by atoms with Crippen LogP contribution in [-0.4, -0.2) is 24.6 Å². The zero-order chi connectivity index (χ0) is 11.0. The number of unbranched alkanes of at least 4 members (excludes halogenated alkanes) is 1. The first kappa shape index (κ1) is 12.7. The summed E-state index contributed by atoms with van der Waals surface area (Å²) in [6, 6.07) is -0.0576. The van der Waals surface area contributed by atoms with Gasteiger partial charge in [-0.05, 0) is 20.3 Å². The smallest absolute Gasteiger partial charge is 0.288 e. The highest BCUT2D eigenvalue weighted by Crippen LogP contribution is 1.88. The van der Waals surface area contributed by atoms with E-state index >= 15 is 0 Å². The molecule has 0 aliphatic carbocycles. The Balaban J connectivity index is 3.75. The zero-order valence-electron chi connectivity index (χ0n) is 9.13. The molecule has 4 N–H and O–H groups in total. The molecule has 0 saturated carbocycles. The van der Waals surface area contributed by atoms with Crippen LogP contribution in [0.3, 0.4) is 0 Å². The van der Waals surface area contributed by atoms with E-state index in [0.29, 0.717) is 6.54 Å². The standard InChI is InChI=1S/C9H20N4O/c1-4-5-6-12-8(10)13-9(11)14-7(2)3/h7H,4-6H2,1-3H3,(H4,10,11,12,13). The molecule has 0 aliphatic rings. The molecule has 0 radical (unpaired) electrons. The molecular formula is C9H20N4O. The Hall–Kier alpha value is -1.26. The molecule has 0 unspecified atom stereocenters. The number of nitrogens with zero attached hydrogens (tertiary/aromatic N) is 1.